The van der Waals surface area contributed by atoms with E-state index in [0.717, 1.165) is 6.54 Å². The van der Waals surface area contributed by atoms with E-state index in [1.807, 2.05) is 0 Å². The Morgan fingerprint density at radius 2 is 2.25 bits per heavy atom. The maximum atomic E-state index is 10.7. The minimum absolute atomic E-state index is 0.0420. The van der Waals surface area contributed by atoms with Crippen molar-refractivity contribution in [3.05, 3.63) is 40.7 Å². The molecule has 0 saturated carbocycles. The first-order valence-electron chi connectivity index (χ1n) is 6.44. The predicted molar refractivity (Wildman–Crippen MR) is 75.3 cm³/mol. The van der Waals surface area contributed by atoms with Crippen LogP contribution in [0.5, 0.6) is 0 Å². The van der Waals surface area contributed by atoms with Crippen LogP contribution in [0, 0.1) is 10.1 Å². The molecular weight excluding hydrogens is 258 g/mol. The van der Waals surface area contributed by atoms with Crippen LogP contribution in [-0.4, -0.2) is 32.3 Å². The van der Waals surface area contributed by atoms with E-state index in [-0.39, 0.29) is 5.69 Å². The van der Waals surface area contributed by atoms with Crippen molar-refractivity contribution >= 4 is 5.69 Å². The predicted octanol–water partition coefficient (Wildman–Crippen LogP) is 1.85. The number of aromatic nitrogens is 3. The fourth-order valence-electron chi connectivity index (χ4n) is 1.76. The van der Waals surface area contributed by atoms with Crippen molar-refractivity contribution in [2.75, 3.05) is 6.54 Å². The molecule has 20 heavy (non-hydrogen) atoms. The first kappa shape index (κ1) is 14.1. The van der Waals surface area contributed by atoms with Gasteiger partial charge in [-0.1, -0.05) is 26.0 Å². The maximum absolute atomic E-state index is 10.7. The third kappa shape index (κ3) is 3.61. The molecule has 0 amide bonds. The summed E-state index contributed by atoms with van der Waals surface area (Å²) in [5.41, 5.74) is 0.690. The standard InChI is InChI=1S/C13H17N5O2/c1-10(2)14-6-7-17-9-15-13(16-17)11-4-3-5-12(8-11)18(19)20/h3-5,8-10,14H,6-7H2,1-2H3. The van der Waals surface area contributed by atoms with Crippen LogP contribution in [-0.2, 0) is 6.54 Å². The Morgan fingerprint density at radius 3 is 2.95 bits per heavy atom. The number of rotatable bonds is 6. The summed E-state index contributed by atoms with van der Waals surface area (Å²) in [6, 6.07) is 6.75. The van der Waals surface area contributed by atoms with Crippen LogP contribution < -0.4 is 5.32 Å². The van der Waals surface area contributed by atoms with Crippen LogP contribution in [0.15, 0.2) is 30.6 Å². The monoisotopic (exact) mass is 275 g/mol. The van der Waals surface area contributed by atoms with E-state index in [1.165, 1.54) is 12.1 Å². The Morgan fingerprint density at radius 1 is 1.45 bits per heavy atom. The summed E-state index contributed by atoms with van der Waals surface area (Å²) in [6.45, 7) is 5.67. The number of benzene rings is 1. The second-order valence-electron chi connectivity index (χ2n) is 4.75. The molecule has 1 aromatic carbocycles. The molecule has 2 rings (SSSR count). The highest BCUT2D eigenvalue weighted by atomic mass is 16.6. The molecule has 0 radical (unpaired) electrons. The molecule has 0 bridgehead atoms. The van der Waals surface area contributed by atoms with Crippen molar-refractivity contribution in [3.8, 4) is 11.4 Å². The van der Waals surface area contributed by atoms with Gasteiger partial charge in [-0.05, 0) is 0 Å². The quantitative estimate of drug-likeness (QED) is 0.642. The molecule has 0 aliphatic rings. The van der Waals surface area contributed by atoms with Gasteiger partial charge in [-0.3, -0.25) is 14.8 Å². The van der Waals surface area contributed by atoms with Crippen molar-refractivity contribution in [2.45, 2.75) is 26.4 Å². The molecule has 1 aromatic heterocycles. The molecule has 0 aliphatic heterocycles. The number of nitrogens with zero attached hydrogens (tertiary/aromatic N) is 4. The Labute approximate surface area is 116 Å². The molecular formula is C13H17N5O2. The average Bonchev–Trinajstić information content (AvgIpc) is 2.87. The first-order valence-corrected chi connectivity index (χ1v) is 6.44. The summed E-state index contributed by atoms with van der Waals surface area (Å²) < 4.78 is 1.73. The van der Waals surface area contributed by atoms with Gasteiger partial charge in [0.2, 0.25) is 0 Å². The summed E-state index contributed by atoms with van der Waals surface area (Å²) in [5.74, 6) is 0.498. The Hall–Kier alpha value is -2.28. The average molecular weight is 275 g/mol. The van der Waals surface area contributed by atoms with E-state index in [9.17, 15) is 10.1 Å². The third-order valence-corrected chi connectivity index (χ3v) is 2.75. The van der Waals surface area contributed by atoms with Crippen molar-refractivity contribution in [1.82, 2.24) is 20.1 Å². The lowest BCUT2D eigenvalue weighted by atomic mass is 10.2. The number of hydrogen-bond acceptors (Lipinski definition) is 5. The maximum Gasteiger partial charge on any atom is 0.270 e. The summed E-state index contributed by atoms with van der Waals surface area (Å²) >= 11 is 0. The van der Waals surface area contributed by atoms with Crippen molar-refractivity contribution in [3.63, 3.8) is 0 Å². The SMILES string of the molecule is CC(C)NCCn1cnc(-c2cccc([N+](=O)[O-])c2)n1. The van der Waals surface area contributed by atoms with E-state index in [1.54, 1.807) is 23.1 Å². The Balaban J connectivity index is 2.08. The molecule has 0 spiro atoms. The molecule has 1 heterocycles. The van der Waals surface area contributed by atoms with Gasteiger partial charge < -0.3 is 5.32 Å². The second kappa shape index (κ2) is 6.25. The molecule has 0 unspecified atom stereocenters. The first-order chi connectivity index (χ1) is 9.56. The zero-order valence-electron chi connectivity index (χ0n) is 11.5. The lowest BCUT2D eigenvalue weighted by Gasteiger charge is -2.06. The number of nitrogens with one attached hydrogen (secondary N) is 1. The lowest BCUT2D eigenvalue weighted by molar-refractivity contribution is -0.384. The van der Waals surface area contributed by atoms with Gasteiger partial charge in [0.15, 0.2) is 5.82 Å². The highest BCUT2D eigenvalue weighted by Crippen LogP contribution is 2.20. The fourth-order valence-corrected chi connectivity index (χ4v) is 1.76. The minimum atomic E-state index is -0.424. The summed E-state index contributed by atoms with van der Waals surface area (Å²) in [4.78, 5) is 14.5. The zero-order chi connectivity index (χ0) is 14.5. The summed E-state index contributed by atoms with van der Waals surface area (Å²) in [7, 11) is 0. The van der Waals surface area contributed by atoms with Gasteiger partial charge in [0.1, 0.15) is 6.33 Å². The van der Waals surface area contributed by atoms with Crippen molar-refractivity contribution in [1.29, 1.82) is 0 Å². The highest BCUT2D eigenvalue weighted by molar-refractivity contribution is 5.58. The lowest BCUT2D eigenvalue weighted by Crippen LogP contribution is -2.26. The molecule has 7 nitrogen and oxygen atoms in total. The molecule has 1 N–H and O–H groups in total. The fraction of sp³-hybridized carbons (Fsp3) is 0.385. The van der Waals surface area contributed by atoms with Gasteiger partial charge in [0, 0.05) is 30.3 Å². The number of hydrogen-bond donors (Lipinski definition) is 1. The number of nitro benzene ring substituents is 1. The van der Waals surface area contributed by atoms with Gasteiger partial charge in [-0.15, -0.1) is 0 Å². The van der Waals surface area contributed by atoms with Crippen LogP contribution in [0.1, 0.15) is 13.8 Å². The van der Waals surface area contributed by atoms with E-state index >= 15 is 0 Å². The Bertz CT molecular complexity index is 594. The van der Waals surface area contributed by atoms with Crippen LogP contribution in [0.4, 0.5) is 5.69 Å². The molecule has 0 atom stereocenters. The van der Waals surface area contributed by atoms with E-state index in [0.29, 0.717) is 24.0 Å². The van der Waals surface area contributed by atoms with E-state index in [2.05, 4.69) is 29.2 Å². The van der Waals surface area contributed by atoms with Gasteiger partial charge in [-0.2, -0.15) is 5.10 Å². The highest BCUT2D eigenvalue weighted by Gasteiger charge is 2.10. The normalized spacial score (nSPS) is 10.9. The smallest absolute Gasteiger partial charge is 0.270 e. The third-order valence-electron chi connectivity index (χ3n) is 2.75. The van der Waals surface area contributed by atoms with Gasteiger partial charge in [0.25, 0.3) is 5.69 Å². The zero-order valence-corrected chi connectivity index (χ0v) is 11.5. The molecule has 106 valence electrons. The van der Waals surface area contributed by atoms with Gasteiger partial charge in [-0.25, -0.2) is 4.98 Å². The molecule has 0 aliphatic carbocycles. The molecule has 7 heteroatoms. The van der Waals surface area contributed by atoms with Crippen LogP contribution in [0.25, 0.3) is 11.4 Å². The largest absolute Gasteiger partial charge is 0.313 e. The summed E-state index contributed by atoms with van der Waals surface area (Å²) in [6.07, 6.45) is 1.64. The topological polar surface area (TPSA) is 85.9 Å². The summed E-state index contributed by atoms with van der Waals surface area (Å²) in [5, 5.41) is 18.4. The van der Waals surface area contributed by atoms with E-state index in [4.69, 9.17) is 0 Å². The van der Waals surface area contributed by atoms with Crippen LogP contribution in [0.2, 0.25) is 0 Å². The Kier molecular flexibility index (Phi) is 4.41. The van der Waals surface area contributed by atoms with Gasteiger partial charge in [0.05, 0.1) is 11.5 Å². The minimum Gasteiger partial charge on any atom is -0.313 e. The molecule has 0 saturated heterocycles. The number of non-ortho nitro benzene ring substituents is 1. The van der Waals surface area contributed by atoms with Crippen molar-refractivity contribution in [2.24, 2.45) is 0 Å². The number of nitro groups is 1. The van der Waals surface area contributed by atoms with E-state index < -0.39 is 4.92 Å². The van der Waals surface area contributed by atoms with Crippen LogP contribution in [0.3, 0.4) is 0 Å². The van der Waals surface area contributed by atoms with Crippen LogP contribution >= 0.6 is 0 Å². The molecule has 2 aromatic rings. The second-order valence-corrected chi connectivity index (χ2v) is 4.75. The van der Waals surface area contributed by atoms with Crippen molar-refractivity contribution < 1.29 is 4.92 Å². The molecule has 0 fully saturated rings. The van der Waals surface area contributed by atoms with Gasteiger partial charge >= 0.3 is 0 Å².